The molecule has 1 aromatic carbocycles. The fourth-order valence-electron chi connectivity index (χ4n) is 4.24. The zero-order chi connectivity index (χ0) is 25.7. The third-order valence-electron chi connectivity index (χ3n) is 5.93. The first-order chi connectivity index (χ1) is 17.4. The van der Waals surface area contributed by atoms with Gasteiger partial charge in [-0.3, -0.25) is 4.79 Å². The molecule has 0 radical (unpaired) electrons. The molecule has 0 spiro atoms. The average molecular weight is 549 g/mol. The van der Waals surface area contributed by atoms with Gasteiger partial charge in [-0.1, -0.05) is 35.9 Å². The van der Waals surface area contributed by atoms with Crippen LogP contribution in [-0.4, -0.2) is 39.5 Å². The number of ether oxygens (including phenoxy) is 2. The largest absolute Gasteiger partial charge is 0.483 e. The van der Waals surface area contributed by atoms with Crippen LogP contribution in [0.15, 0.2) is 29.4 Å². The van der Waals surface area contributed by atoms with Crippen LogP contribution in [0, 0.1) is 0 Å². The van der Waals surface area contributed by atoms with Gasteiger partial charge in [0.25, 0.3) is 0 Å². The first-order valence-electron chi connectivity index (χ1n) is 11.9. The van der Waals surface area contributed by atoms with E-state index in [1.54, 1.807) is 12.1 Å². The van der Waals surface area contributed by atoms with Crippen LogP contribution in [0.25, 0.3) is 0 Å². The highest BCUT2D eigenvalue weighted by atomic mass is 35.5. The molecule has 0 saturated carbocycles. The second-order valence-electron chi connectivity index (χ2n) is 8.40. The smallest absolute Gasteiger partial charge is 0.341 e. The number of aryl methyl sites for hydroxylation is 1. The Morgan fingerprint density at radius 1 is 1.25 bits per heavy atom. The van der Waals surface area contributed by atoms with Gasteiger partial charge in [0, 0.05) is 16.4 Å². The van der Waals surface area contributed by atoms with Crippen molar-refractivity contribution >= 4 is 51.6 Å². The van der Waals surface area contributed by atoms with Gasteiger partial charge in [-0.15, -0.1) is 21.5 Å². The number of halogens is 1. The summed E-state index contributed by atoms with van der Waals surface area (Å²) in [7, 11) is 1.37. The molecular weight excluding hydrogens is 520 g/mol. The number of aromatic nitrogens is 3. The molecule has 1 aliphatic carbocycles. The van der Waals surface area contributed by atoms with Gasteiger partial charge in [0.2, 0.25) is 5.91 Å². The van der Waals surface area contributed by atoms with Gasteiger partial charge in [-0.2, -0.15) is 0 Å². The van der Waals surface area contributed by atoms with Gasteiger partial charge in [0.05, 0.1) is 18.4 Å². The lowest BCUT2D eigenvalue weighted by Gasteiger charge is -2.15. The summed E-state index contributed by atoms with van der Waals surface area (Å²) in [5.74, 6) is 0.823. The van der Waals surface area contributed by atoms with Crippen molar-refractivity contribution in [3.8, 4) is 5.75 Å². The monoisotopic (exact) mass is 548 g/mol. The number of nitrogens with zero attached hydrogens (tertiary/aromatic N) is 3. The molecule has 4 rings (SSSR count). The molecule has 2 heterocycles. The molecule has 1 N–H and O–H groups in total. The Labute approximate surface area is 223 Å². The van der Waals surface area contributed by atoms with Crippen LogP contribution in [0.3, 0.4) is 0 Å². The van der Waals surface area contributed by atoms with Gasteiger partial charge >= 0.3 is 5.97 Å². The molecular formula is C25H29ClN4O4S2. The molecule has 2 aromatic heterocycles. The van der Waals surface area contributed by atoms with Gasteiger partial charge in [-0.25, -0.2) is 4.79 Å². The SMILES string of the molecule is CCn1c(SCC(=O)Nc2sc3c(c2C(=O)OC)CCCCC3)nnc1C(C)Oc1cccc(Cl)c1. The predicted octanol–water partition coefficient (Wildman–Crippen LogP) is 5.94. The maximum atomic E-state index is 12.9. The summed E-state index contributed by atoms with van der Waals surface area (Å²) < 4.78 is 13.0. The van der Waals surface area contributed by atoms with E-state index < -0.39 is 5.97 Å². The zero-order valence-corrected chi connectivity index (χ0v) is 22.9. The Bertz CT molecular complexity index is 1240. The second kappa shape index (κ2) is 12.1. The molecule has 1 amide bonds. The minimum absolute atomic E-state index is 0.130. The Balaban J connectivity index is 1.44. The lowest BCUT2D eigenvalue weighted by molar-refractivity contribution is -0.113. The fraction of sp³-hybridized carbons (Fsp3) is 0.440. The summed E-state index contributed by atoms with van der Waals surface area (Å²) in [6.45, 7) is 4.51. The maximum absolute atomic E-state index is 12.9. The summed E-state index contributed by atoms with van der Waals surface area (Å²) in [6.07, 6.45) is 4.66. The number of fused-ring (bicyclic) bond motifs is 1. The summed E-state index contributed by atoms with van der Waals surface area (Å²) in [4.78, 5) is 26.6. The number of anilines is 1. The maximum Gasteiger partial charge on any atom is 0.341 e. The highest BCUT2D eigenvalue weighted by molar-refractivity contribution is 7.99. The van der Waals surface area contributed by atoms with E-state index in [4.69, 9.17) is 21.1 Å². The van der Waals surface area contributed by atoms with Crippen LogP contribution in [0.4, 0.5) is 5.00 Å². The topological polar surface area (TPSA) is 95.3 Å². The van der Waals surface area contributed by atoms with Crippen molar-refractivity contribution in [3.05, 3.63) is 51.1 Å². The average Bonchev–Trinajstić information content (AvgIpc) is 3.35. The van der Waals surface area contributed by atoms with Crippen molar-refractivity contribution in [1.82, 2.24) is 14.8 Å². The van der Waals surface area contributed by atoms with Crippen molar-refractivity contribution < 1.29 is 19.1 Å². The Kier molecular flexibility index (Phi) is 8.92. The number of esters is 1. The zero-order valence-electron chi connectivity index (χ0n) is 20.5. The highest BCUT2D eigenvalue weighted by Crippen LogP contribution is 2.38. The van der Waals surface area contributed by atoms with Crippen LogP contribution < -0.4 is 10.1 Å². The van der Waals surface area contributed by atoms with Crippen molar-refractivity contribution in [2.24, 2.45) is 0 Å². The number of thiophene rings is 1. The normalized spacial score (nSPS) is 14.0. The molecule has 1 unspecified atom stereocenters. The first kappa shape index (κ1) is 26.5. The van der Waals surface area contributed by atoms with Crippen molar-refractivity contribution in [2.45, 2.75) is 63.8 Å². The number of methoxy groups -OCH3 is 1. The van der Waals surface area contributed by atoms with Crippen LogP contribution in [0.1, 0.15) is 65.8 Å². The van der Waals surface area contributed by atoms with E-state index in [0.717, 1.165) is 37.7 Å². The Hall–Kier alpha value is -2.56. The standard InChI is InChI=1S/C25H29ClN4O4S2/c1-4-30-22(15(2)34-17-10-8-9-16(26)13-17)28-29-25(30)35-14-20(31)27-23-21(24(32)33-3)18-11-6-5-7-12-19(18)36-23/h8-10,13,15H,4-7,11-12,14H2,1-3H3,(H,27,31). The van der Waals surface area contributed by atoms with Crippen LogP contribution in [-0.2, 0) is 28.9 Å². The summed E-state index contributed by atoms with van der Waals surface area (Å²) in [6, 6.07) is 7.19. The van der Waals surface area contributed by atoms with E-state index in [2.05, 4.69) is 15.5 Å². The van der Waals surface area contributed by atoms with E-state index >= 15 is 0 Å². The molecule has 8 nitrogen and oxygen atoms in total. The molecule has 1 atom stereocenters. The molecule has 192 valence electrons. The quantitative estimate of drug-likeness (QED) is 0.201. The third kappa shape index (κ3) is 6.04. The Morgan fingerprint density at radius 2 is 2.06 bits per heavy atom. The molecule has 0 bridgehead atoms. The first-order valence-corrected chi connectivity index (χ1v) is 14.1. The fourth-order valence-corrected chi connectivity index (χ4v) is 6.53. The van der Waals surface area contributed by atoms with E-state index in [1.165, 1.54) is 35.1 Å². The van der Waals surface area contributed by atoms with Crippen molar-refractivity contribution in [3.63, 3.8) is 0 Å². The molecule has 36 heavy (non-hydrogen) atoms. The number of carbonyl (C=O) groups is 2. The lowest BCUT2D eigenvalue weighted by Crippen LogP contribution is -2.17. The van der Waals surface area contributed by atoms with Crippen LogP contribution in [0.5, 0.6) is 5.75 Å². The molecule has 0 fully saturated rings. The van der Waals surface area contributed by atoms with Gasteiger partial charge in [0.1, 0.15) is 10.8 Å². The van der Waals surface area contributed by atoms with Gasteiger partial charge in [0.15, 0.2) is 17.1 Å². The second-order valence-corrected chi connectivity index (χ2v) is 10.9. The molecule has 11 heteroatoms. The highest BCUT2D eigenvalue weighted by Gasteiger charge is 2.26. The molecule has 3 aromatic rings. The van der Waals surface area contributed by atoms with Crippen molar-refractivity contribution in [1.29, 1.82) is 0 Å². The number of benzene rings is 1. The summed E-state index contributed by atoms with van der Waals surface area (Å²) in [5.41, 5.74) is 1.53. The molecule has 1 aliphatic rings. The minimum atomic E-state index is -0.401. The number of amides is 1. The number of thioether (sulfide) groups is 1. The van der Waals surface area contributed by atoms with Gasteiger partial charge in [-0.05, 0) is 63.3 Å². The van der Waals surface area contributed by atoms with E-state index in [1.807, 2.05) is 30.5 Å². The summed E-state index contributed by atoms with van der Waals surface area (Å²) >= 11 is 8.84. The van der Waals surface area contributed by atoms with Crippen LogP contribution >= 0.6 is 34.7 Å². The predicted molar refractivity (Wildman–Crippen MR) is 142 cm³/mol. The lowest BCUT2D eigenvalue weighted by atomic mass is 10.1. The van der Waals surface area contributed by atoms with E-state index in [0.29, 0.717) is 38.9 Å². The van der Waals surface area contributed by atoms with Crippen molar-refractivity contribution in [2.75, 3.05) is 18.2 Å². The number of carbonyl (C=O) groups excluding carboxylic acids is 2. The number of hydrogen-bond acceptors (Lipinski definition) is 8. The summed E-state index contributed by atoms with van der Waals surface area (Å²) in [5, 5.41) is 13.3. The third-order valence-corrected chi connectivity index (χ3v) is 8.34. The minimum Gasteiger partial charge on any atom is -0.483 e. The van der Waals surface area contributed by atoms with E-state index in [9.17, 15) is 9.59 Å². The molecule has 0 saturated heterocycles. The Morgan fingerprint density at radius 3 is 2.81 bits per heavy atom. The number of hydrogen-bond donors (Lipinski definition) is 1. The number of nitrogens with one attached hydrogen (secondary N) is 1. The van der Waals surface area contributed by atoms with Crippen LogP contribution in [0.2, 0.25) is 5.02 Å². The van der Waals surface area contributed by atoms with E-state index in [-0.39, 0.29) is 17.8 Å². The molecule has 0 aliphatic heterocycles. The van der Waals surface area contributed by atoms with Gasteiger partial charge < -0.3 is 19.4 Å². The number of rotatable bonds is 9.